The van der Waals surface area contributed by atoms with Crippen LogP contribution in [0, 0.1) is 11.3 Å². The van der Waals surface area contributed by atoms with Crippen molar-refractivity contribution in [3.63, 3.8) is 0 Å². The lowest BCUT2D eigenvalue weighted by Gasteiger charge is -2.18. The zero-order valence-electron chi connectivity index (χ0n) is 13.8. The number of carbonyl (C=O) groups excluding carboxylic acids is 1. The fraction of sp³-hybridized carbons (Fsp3) is 0.222. The van der Waals surface area contributed by atoms with Crippen LogP contribution < -0.4 is 20.1 Å². The van der Waals surface area contributed by atoms with Crippen LogP contribution in [-0.2, 0) is 4.79 Å². The Bertz CT molecular complexity index is 768. The molecule has 0 aliphatic carbocycles. The molecule has 0 saturated carbocycles. The summed E-state index contributed by atoms with van der Waals surface area (Å²) >= 11 is 0. The molecule has 2 aromatic rings. The third kappa shape index (κ3) is 4.17. The maximum absolute atomic E-state index is 12.3. The van der Waals surface area contributed by atoms with Crippen molar-refractivity contribution in [3.05, 3.63) is 48.0 Å². The average molecular weight is 325 g/mol. The normalized spacial score (nSPS) is 11.1. The van der Waals surface area contributed by atoms with E-state index in [-0.39, 0.29) is 5.91 Å². The molecule has 0 aromatic heterocycles. The van der Waals surface area contributed by atoms with Gasteiger partial charge >= 0.3 is 0 Å². The monoisotopic (exact) mass is 325 g/mol. The van der Waals surface area contributed by atoms with Crippen LogP contribution in [0.4, 0.5) is 11.4 Å². The van der Waals surface area contributed by atoms with E-state index in [1.807, 2.05) is 6.07 Å². The first-order valence-corrected chi connectivity index (χ1v) is 7.37. The van der Waals surface area contributed by atoms with Gasteiger partial charge < -0.3 is 20.1 Å². The Kier molecular flexibility index (Phi) is 5.63. The number of nitrogens with one attached hydrogen (secondary N) is 2. The highest BCUT2D eigenvalue weighted by atomic mass is 16.5. The minimum Gasteiger partial charge on any atom is -0.497 e. The Morgan fingerprint density at radius 3 is 2.62 bits per heavy atom. The predicted molar refractivity (Wildman–Crippen MR) is 92.4 cm³/mol. The average Bonchev–Trinajstić information content (AvgIpc) is 2.61. The first-order chi connectivity index (χ1) is 11.6. The van der Waals surface area contributed by atoms with Crippen LogP contribution in [0.1, 0.15) is 12.5 Å². The Balaban J connectivity index is 2.10. The van der Waals surface area contributed by atoms with Crippen LogP contribution in [0.3, 0.4) is 0 Å². The second-order valence-electron chi connectivity index (χ2n) is 5.11. The lowest BCUT2D eigenvalue weighted by molar-refractivity contribution is -0.116. The number of benzene rings is 2. The highest BCUT2D eigenvalue weighted by molar-refractivity contribution is 5.96. The second-order valence-corrected chi connectivity index (χ2v) is 5.11. The second kappa shape index (κ2) is 7.88. The van der Waals surface area contributed by atoms with Crippen LogP contribution in [0.5, 0.6) is 11.5 Å². The molecule has 2 aromatic carbocycles. The molecule has 0 aliphatic heterocycles. The van der Waals surface area contributed by atoms with E-state index in [9.17, 15) is 4.79 Å². The molecule has 6 heteroatoms. The number of amides is 1. The largest absolute Gasteiger partial charge is 0.497 e. The summed E-state index contributed by atoms with van der Waals surface area (Å²) in [5.41, 5.74) is 1.72. The number of anilines is 2. The highest BCUT2D eigenvalue weighted by Gasteiger charge is 2.15. The summed E-state index contributed by atoms with van der Waals surface area (Å²) in [5, 5.41) is 14.8. The Morgan fingerprint density at radius 2 is 1.96 bits per heavy atom. The molecule has 124 valence electrons. The van der Waals surface area contributed by atoms with E-state index >= 15 is 0 Å². The SMILES string of the molecule is COc1ccc(OC)c(NC(C)C(=O)Nc2cccc(C#N)c2)c1. The first-order valence-electron chi connectivity index (χ1n) is 7.37. The molecule has 2 N–H and O–H groups in total. The Hall–Kier alpha value is -3.20. The van der Waals surface area contributed by atoms with Crippen LogP contribution in [0.25, 0.3) is 0 Å². The van der Waals surface area contributed by atoms with Crippen LogP contribution in [-0.4, -0.2) is 26.2 Å². The van der Waals surface area contributed by atoms with Crippen molar-refractivity contribution in [3.8, 4) is 17.6 Å². The molecule has 0 saturated heterocycles. The van der Waals surface area contributed by atoms with Crippen molar-refractivity contribution in [2.24, 2.45) is 0 Å². The molecular formula is C18H19N3O3. The van der Waals surface area contributed by atoms with E-state index in [1.54, 1.807) is 63.6 Å². The van der Waals surface area contributed by atoms with Gasteiger partial charge in [0.1, 0.15) is 17.5 Å². The third-order valence-electron chi connectivity index (χ3n) is 3.43. The molecule has 1 unspecified atom stereocenters. The molecule has 0 spiro atoms. The molecule has 24 heavy (non-hydrogen) atoms. The van der Waals surface area contributed by atoms with Gasteiger partial charge in [0.25, 0.3) is 0 Å². The van der Waals surface area contributed by atoms with Crippen molar-refractivity contribution in [1.82, 2.24) is 0 Å². The van der Waals surface area contributed by atoms with E-state index in [2.05, 4.69) is 10.6 Å². The summed E-state index contributed by atoms with van der Waals surface area (Å²) in [6.07, 6.45) is 0. The van der Waals surface area contributed by atoms with Gasteiger partial charge in [0.05, 0.1) is 31.5 Å². The Morgan fingerprint density at radius 1 is 1.17 bits per heavy atom. The summed E-state index contributed by atoms with van der Waals surface area (Å²) in [6, 6.07) is 13.6. The smallest absolute Gasteiger partial charge is 0.246 e. The topological polar surface area (TPSA) is 83.4 Å². The lowest BCUT2D eigenvalue weighted by Crippen LogP contribution is -2.32. The minimum atomic E-state index is -0.517. The van der Waals surface area contributed by atoms with E-state index in [0.717, 1.165) is 0 Å². The molecular weight excluding hydrogens is 306 g/mol. The number of hydrogen-bond acceptors (Lipinski definition) is 5. The van der Waals surface area contributed by atoms with Gasteiger partial charge in [0.15, 0.2) is 0 Å². The number of methoxy groups -OCH3 is 2. The van der Waals surface area contributed by atoms with Crippen molar-refractivity contribution < 1.29 is 14.3 Å². The molecule has 0 aliphatic rings. The van der Waals surface area contributed by atoms with E-state index in [1.165, 1.54) is 0 Å². The number of ether oxygens (including phenoxy) is 2. The zero-order chi connectivity index (χ0) is 17.5. The summed E-state index contributed by atoms with van der Waals surface area (Å²) < 4.78 is 10.5. The van der Waals surface area contributed by atoms with Gasteiger partial charge in [-0.2, -0.15) is 5.26 Å². The van der Waals surface area contributed by atoms with Crippen molar-refractivity contribution in [2.75, 3.05) is 24.9 Å². The molecule has 1 amide bonds. The first kappa shape index (κ1) is 17.2. The molecule has 0 bridgehead atoms. The van der Waals surface area contributed by atoms with Gasteiger partial charge in [-0.25, -0.2) is 0 Å². The fourth-order valence-electron chi connectivity index (χ4n) is 2.14. The van der Waals surface area contributed by atoms with Gasteiger partial charge in [-0.1, -0.05) is 6.07 Å². The maximum Gasteiger partial charge on any atom is 0.246 e. The minimum absolute atomic E-state index is 0.227. The van der Waals surface area contributed by atoms with Crippen LogP contribution in [0.15, 0.2) is 42.5 Å². The zero-order valence-corrected chi connectivity index (χ0v) is 13.8. The van der Waals surface area contributed by atoms with Gasteiger partial charge in [-0.15, -0.1) is 0 Å². The number of rotatable bonds is 6. The standard InChI is InChI=1S/C18H19N3O3/c1-12(18(22)21-14-6-4-5-13(9-14)11-19)20-16-10-15(23-2)7-8-17(16)24-3/h4-10,12,20H,1-3H3,(H,21,22). The van der Waals surface area contributed by atoms with Crippen molar-refractivity contribution in [2.45, 2.75) is 13.0 Å². The van der Waals surface area contributed by atoms with Gasteiger partial charge in [0.2, 0.25) is 5.91 Å². The molecule has 6 nitrogen and oxygen atoms in total. The third-order valence-corrected chi connectivity index (χ3v) is 3.43. The molecule has 0 radical (unpaired) electrons. The van der Waals surface area contributed by atoms with E-state index in [0.29, 0.717) is 28.4 Å². The highest BCUT2D eigenvalue weighted by Crippen LogP contribution is 2.29. The van der Waals surface area contributed by atoms with Crippen LogP contribution in [0.2, 0.25) is 0 Å². The Labute approximate surface area is 141 Å². The van der Waals surface area contributed by atoms with E-state index in [4.69, 9.17) is 14.7 Å². The van der Waals surface area contributed by atoms with Crippen molar-refractivity contribution in [1.29, 1.82) is 5.26 Å². The van der Waals surface area contributed by atoms with Gasteiger partial charge in [-0.05, 0) is 37.3 Å². The van der Waals surface area contributed by atoms with Crippen molar-refractivity contribution >= 4 is 17.3 Å². The maximum atomic E-state index is 12.3. The quantitative estimate of drug-likeness (QED) is 0.853. The lowest BCUT2D eigenvalue weighted by atomic mass is 10.2. The summed E-state index contributed by atoms with van der Waals surface area (Å²) in [4.78, 5) is 12.3. The van der Waals surface area contributed by atoms with Gasteiger partial charge in [0, 0.05) is 11.8 Å². The number of nitriles is 1. The van der Waals surface area contributed by atoms with E-state index < -0.39 is 6.04 Å². The number of hydrogen-bond donors (Lipinski definition) is 2. The summed E-state index contributed by atoms with van der Waals surface area (Å²) in [6.45, 7) is 1.74. The number of nitrogens with zero attached hydrogens (tertiary/aromatic N) is 1. The molecule has 0 heterocycles. The van der Waals surface area contributed by atoms with Gasteiger partial charge in [-0.3, -0.25) is 4.79 Å². The molecule has 1 atom stereocenters. The predicted octanol–water partition coefficient (Wildman–Crippen LogP) is 3.01. The van der Waals surface area contributed by atoms with Crippen LogP contribution >= 0.6 is 0 Å². The summed E-state index contributed by atoms with van der Waals surface area (Å²) in [5.74, 6) is 1.05. The number of carbonyl (C=O) groups is 1. The fourth-order valence-corrected chi connectivity index (χ4v) is 2.14. The summed E-state index contributed by atoms with van der Waals surface area (Å²) in [7, 11) is 3.13. The molecule has 0 fully saturated rings. The molecule has 2 rings (SSSR count).